The quantitative estimate of drug-likeness (QED) is 0.710. The molecule has 1 N–H and O–H groups in total. The van der Waals surface area contributed by atoms with E-state index in [-0.39, 0.29) is 10.8 Å². The van der Waals surface area contributed by atoms with Crippen molar-refractivity contribution in [3.63, 3.8) is 0 Å². The molecular formula is C20H21N5O2S. The molecule has 1 aromatic carbocycles. The Morgan fingerprint density at radius 2 is 1.93 bits per heavy atom. The number of fused-ring (bicyclic) bond motifs is 1. The van der Waals surface area contributed by atoms with Crippen molar-refractivity contribution >= 4 is 33.3 Å². The van der Waals surface area contributed by atoms with Crippen LogP contribution in [-0.4, -0.2) is 29.2 Å². The summed E-state index contributed by atoms with van der Waals surface area (Å²) in [5, 5.41) is 4.47. The summed E-state index contributed by atoms with van der Waals surface area (Å²) in [4.78, 5) is 8.62. The first kappa shape index (κ1) is 18.4. The largest absolute Gasteiger partial charge is 0.269 e. The Balaban J connectivity index is 1.63. The third-order valence-corrected chi connectivity index (χ3v) is 5.99. The van der Waals surface area contributed by atoms with Crippen LogP contribution in [0.1, 0.15) is 43.9 Å². The number of benzene rings is 1. The smallest absolute Gasteiger partial charge is 0.263 e. The van der Waals surface area contributed by atoms with Crippen LogP contribution in [0.2, 0.25) is 0 Å². The lowest BCUT2D eigenvalue weighted by Gasteiger charge is -2.11. The molecule has 0 saturated carbocycles. The van der Waals surface area contributed by atoms with Gasteiger partial charge >= 0.3 is 0 Å². The second-order valence-electron chi connectivity index (χ2n) is 6.98. The van der Waals surface area contributed by atoms with E-state index in [0.29, 0.717) is 11.5 Å². The van der Waals surface area contributed by atoms with Gasteiger partial charge in [0.2, 0.25) is 0 Å². The summed E-state index contributed by atoms with van der Waals surface area (Å²) in [5.74, 6) is 0.572. The standard InChI is InChI=1S/C20H21N5O2S/c1-14(2)18-12-20-22-11-9-19(25(20)23-18)24-28(26,27)17-7-5-15(6-8-17)16-4-3-10-21-13-16/h5-14,24H,3-4H2,1-2H3. The highest BCUT2D eigenvalue weighted by Gasteiger charge is 2.18. The summed E-state index contributed by atoms with van der Waals surface area (Å²) in [6.45, 7) is 4.06. The topological polar surface area (TPSA) is 88.7 Å². The summed E-state index contributed by atoms with van der Waals surface area (Å²) in [7, 11) is -3.75. The molecule has 0 saturated heterocycles. The number of sulfonamides is 1. The molecule has 0 amide bonds. The minimum absolute atomic E-state index is 0.192. The first-order valence-electron chi connectivity index (χ1n) is 9.13. The van der Waals surface area contributed by atoms with E-state index < -0.39 is 10.0 Å². The number of aliphatic imine (C=N–C) groups is 1. The van der Waals surface area contributed by atoms with Crippen LogP contribution in [0.3, 0.4) is 0 Å². The van der Waals surface area contributed by atoms with Gasteiger partial charge in [-0.25, -0.2) is 13.4 Å². The number of anilines is 1. The maximum atomic E-state index is 12.9. The first-order valence-corrected chi connectivity index (χ1v) is 10.6. The normalized spacial score (nSPS) is 14.5. The van der Waals surface area contributed by atoms with E-state index >= 15 is 0 Å². The maximum absolute atomic E-state index is 12.9. The molecule has 7 nitrogen and oxygen atoms in total. The van der Waals surface area contributed by atoms with Gasteiger partial charge in [-0.1, -0.05) is 26.0 Å². The highest BCUT2D eigenvalue weighted by atomic mass is 32.2. The van der Waals surface area contributed by atoms with Gasteiger partial charge in [-0.15, -0.1) is 0 Å². The van der Waals surface area contributed by atoms with Crippen LogP contribution < -0.4 is 4.72 Å². The van der Waals surface area contributed by atoms with Crippen LogP contribution in [0.4, 0.5) is 5.82 Å². The second-order valence-corrected chi connectivity index (χ2v) is 8.66. The van der Waals surface area contributed by atoms with Crippen LogP contribution in [0.15, 0.2) is 58.7 Å². The number of aromatic nitrogens is 3. The zero-order valence-corrected chi connectivity index (χ0v) is 16.5. The molecule has 3 aromatic rings. The Morgan fingerprint density at radius 1 is 1.14 bits per heavy atom. The molecule has 0 radical (unpaired) electrons. The fourth-order valence-corrected chi connectivity index (χ4v) is 4.08. The van der Waals surface area contributed by atoms with Crippen molar-refractivity contribution in [2.24, 2.45) is 4.99 Å². The zero-order valence-electron chi connectivity index (χ0n) is 15.7. The Morgan fingerprint density at radius 3 is 2.61 bits per heavy atom. The van der Waals surface area contributed by atoms with E-state index in [1.54, 1.807) is 24.4 Å². The minimum Gasteiger partial charge on any atom is -0.269 e. The van der Waals surface area contributed by atoms with Gasteiger partial charge in [-0.3, -0.25) is 9.71 Å². The van der Waals surface area contributed by atoms with E-state index in [2.05, 4.69) is 19.8 Å². The molecular weight excluding hydrogens is 374 g/mol. The highest BCUT2D eigenvalue weighted by molar-refractivity contribution is 7.92. The van der Waals surface area contributed by atoms with E-state index in [9.17, 15) is 8.42 Å². The number of nitrogens with zero attached hydrogens (tertiary/aromatic N) is 4. The van der Waals surface area contributed by atoms with Crippen LogP contribution >= 0.6 is 0 Å². The van der Waals surface area contributed by atoms with Gasteiger partial charge < -0.3 is 0 Å². The van der Waals surface area contributed by atoms with E-state index in [4.69, 9.17) is 0 Å². The Labute approximate surface area is 163 Å². The number of rotatable bonds is 5. The van der Waals surface area contributed by atoms with Gasteiger partial charge in [0.1, 0.15) is 5.82 Å². The molecule has 144 valence electrons. The van der Waals surface area contributed by atoms with Crippen molar-refractivity contribution < 1.29 is 8.42 Å². The predicted octanol–water partition coefficient (Wildman–Crippen LogP) is 3.86. The van der Waals surface area contributed by atoms with Crippen molar-refractivity contribution in [2.45, 2.75) is 37.5 Å². The van der Waals surface area contributed by atoms with Gasteiger partial charge in [-0.05, 0) is 48.1 Å². The molecule has 0 aliphatic carbocycles. The fourth-order valence-electron chi connectivity index (χ4n) is 3.04. The third kappa shape index (κ3) is 3.55. The van der Waals surface area contributed by atoms with Gasteiger partial charge in [-0.2, -0.15) is 9.61 Å². The molecule has 0 fully saturated rings. The average molecular weight is 395 g/mol. The Bertz CT molecular complexity index is 1180. The molecule has 0 bridgehead atoms. The lowest BCUT2D eigenvalue weighted by molar-refractivity contribution is 0.600. The van der Waals surface area contributed by atoms with Gasteiger partial charge in [0, 0.05) is 24.7 Å². The van der Waals surface area contributed by atoms with Crippen LogP contribution in [0.25, 0.3) is 11.2 Å². The molecule has 8 heteroatoms. The molecule has 1 aliphatic rings. The van der Waals surface area contributed by atoms with E-state index in [0.717, 1.165) is 29.7 Å². The molecule has 28 heavy (non-hydrogen) atoms. The lowest BCUT2D eigenvalue weighted by atomic mass is 10.0. The van der Waals surface area contributed by atoms with Gasteiger partial charge in [0.25, 0.3) is 10.0 Å². The maximum Gasteiger partial charge on any atom is 0.263 e. The lowest BCUT2D eigenvalue weighted by Crippen LogP contribution is -2.16. The van der Waals surface area contributed by atoms with E-state index in [1.807, 2.05) is 44.5 Å². The molecule has 4 rings (SSSR count). The Hall–Kier alpha value is -3.00. The van der Waals surface area contributed by atoms with Crippen molar-refractivity contribution in [1.29, 1.82) is 0 Å². The number of hydrogen-bond acceptors (Lipinski definition) is 5. The van der Waals surface area contributed by atoms with Crippen molar-refractivity contribution in [1.82, 2.24) is 14.6 Å². The summed E-state index contributed by atoms with van der Waals surface area (Å²) >= 11 is 0. The predicted molar refractivity (Wildman–Crippen MR) is 110 cm³/mol. The molecule has 0 atom stereocenters. The molecule has 3 heterocycles. The zero-order chi connectivity index (χ0) is 19.7. The van der Waals surface area contributed by atoms with E-state index in [1.165, 1.54) is 4.52 Å². The number of hydrogen-bond donors (Lipinski definition) is 1. The monoisotopic (exact) mass is 395 g/mol. The summed E-state index contributed by atoms with van der Waals surface area (Å²) < 4.78 is 29.9. The fraction of sp³-hybridized carbons (Fsp3) is 0.250. The van der Waals surface area contributed by atoms with Crippen molar-refractivity contribution in [2.75, 3.05) is 4.72 Å². The summed E-state index contributed by atoms with van der Waals surface area (Å²) in [6, 6.07) is 10.3. The summed E-state index contributed by atoms with van der Waals surface area (Å²) in [6.07, 6.45) is 7.07. The summed E-state index contributed by atoms with van der Waals surface area (Å²) in [5.41, 5.74) is 3.54. The molecule has 2 aromatic heterocycles. The highest BCUT2D eigenvalue weighted by Crippen LogP contribution is 2.24. The minimum atomic E-state index is -3.75. The number of nitrogens with one attached hydrogen (secondary N) is 1. The molecule has 1 aliphatic heterocycles. The second kappa shape index (κ2) is 7.20. The van der Waals surface area contributed by atoms with Gasteiger partial charge in [0.05, 0.1) is 10.6 Å². The Kier molecular flexibility index (Phi) is 4.72. The van der Waals surface area contributed by atoms with Crippen LogP contribution in [0, 0.1) is 0 Å². The SMILES string of the molecule is CC(C)c1cc2nccc(NS(=O)(=O)c3ccc(C4=CN=CCC4)cc3)n2n1. The first-order chi connectivity index (χ1) is 13.4. The van der Waals surface area contributed by atoms with Crippen molar-refractivity contribution in [3.8, 4) is 0 Å². The molecule has 0 spiro atoms. The third-order valence-electron chi connectivity index (χ3n) is 4.62. The van der Waals surface area contributed by atoms with Gasteiger partial charge in [0.15, 0.2) is 5.65 Å². The van der Waals surface area contributed by atoms with Crippen molar-refractivity contribution in [3.05, 3.63) is 60.1 Å². The van der Waals surface area contributed by atoms with Crippen LogP contribution in [0.5, 0.6) is 0 Å². The number of allylic oxidation sites excluding steroid dienone is 1. The molecule has 0 unspecified atom stereocenters. The average Bonchev–Trinajstić information content (AvgIpc) is 3.14. The van der Waals surface area contributed by atoms with Crippen LogP contribution in [-0.2, 0) is 10.0 Å².